The van der Waals surface area contributed by atoms with Gasteiger partial charge < -0.3 is 19.3 Å². The molecule has 3 rings (SSSR count). The van der Waals surface area contributed by atoms with E-state index in [9.17, 15) is 5.11 Å². The number of alkyl halides is 1. The van der Waals surface area contributed by atoms with Crippen LogP contribution in [0.25, 0.3) is 0 Å². The summed E-state index contributed by atoms with van der Waals surface area (Å²) in [4.78, 5) is 0. The number of hydrogen-bond acceptors (Lipinski definition) is 4. The van der Waals surface area contributed by atoms with E-state index in [-0.39, 0.29) is 31.0 Å². The number of rotatable bonds is 8. The molecule has 0 aliphatic carbocycles. The SMILES string of the molecule is OC[C@H]1O[C@@H](CBr)[C@@H](OCc2ccccc2)[C@@H]1OCc1ccccc1. The first-order valence-corrected chi connectivity index (χ1v) is 9.57. The Bertz CT molecular complexity index is 567. The van der Waals surface area contributed by atoms with Crippen LogP contribution in [0, 0.1) is 0 Å². The molecule has 0 radical (unpaired) electrons. The molecule has 134 valence electrons. The molecule has 1 heterocycles. The summed E-state index contributed by atoms with van der Waals surface area (Å²) in [7, 11) is 0. The van der Waals surface area contributed by atoms with Gasteiger partial charge in [0.05, 0.1) is 25.9 Å². The molecular weight excluding hydrogens is 384 g/mol. The lowest BCUT2D eigenvalue weighted by Crippen LogP contribution is -2.39. The van der Waals surface area contributed by atoms with Crippen LogP contribution in [0.2, 0.25) is 0 Å². The second kappa shape index (κ2) is 9.46. The van der Waals surface area contributed by atoms with E-state index in [0.29, 0.717) is 18.5 Å². The van der Waals surface area contributed by atoms with E-state index >= 15 is 0 Å². The molecule has 1 N–H and O–H groups in total. The molecule has 4 atom stereocenters. The molecule has 2 aromatic carbocycles. The topological polar surface area (TPSA) is 47.9 Å². The third-order valence-corrected chi connectivity index (χ3v) is 4.95. The molecule has 0 amide bonds. The molecule has 0 aromatic heterocycles. The Kier molecular flexibility index (Phi) is 7.02. The summed E-state index contributed by atoms with van der Waals surface area (Å²) < 4.78 is 18.1. The molecule has 25 heavy (non-hydrogen) atoms. The molecule has 5 heteroatoms. The van der Waals surface area contributed by atoms with Crippen LogP contribution in [0.1, 0.15) is 11.1 Å². The first kappa shape index (κ1) is 18.5. The number of aliphatic hydroxyl groups is 1. The van der Waals surface area contributed by atoms with E-state index < -0.39 is 0 Å². The molecule has 1 saturated heterocycles. The average Bonchev–Trinajstić information content (AvgIpc) is 3.03. The quantitative estimate of drug-likeness (QED) is 0.683. The molecule has 4 nitrogen and oxygen atoms in total. The molecule has 0 unspecified atom stereocenters. The van der Waals surface area contributed by atoms with Gasteiger partial charge in [-0.05, 0) is 11.1 Å². The third-order valence-electron chi connectivity index (χ3n) is 4.31. The van der Waals surface area contributed by atoms with Gasteiger partial charge in [-0.2, -0.15) is 0 Å². The van der Waals surface area contributed by atoms with Crippen molar-refractivity contribution < 1.29 is 19.3 Å². The standard InChI is InChI=1S/C20H23BrO4/c21-11-17-19(23-13-15-7-3-1-4-8-15)20(18(12-22)25-17)24-14-16-9-5-2-6-10-16/h1-10,17-20,22H,11-14H2/t17-,18+,19+,20+/m0/s1. The summed E-state index contributed by atoms with van der Waals surface area (Å²) in [6.45, 7) is 0.863. The van der Waals surface area contributed by atoms with E-state index in [4.69, 9.17) is 14.2 Å². The van der Waals surface area contributed by atoms with Crippen molar-refractivity contribution in [2.24, 2.45) is 0 Å². The van der Waals surface area contributed by atoms with Crippen molar-refractivity contribution in [3.63, 3.8) is 0 Å². The fourth-order valence-corrected chi connectivity index (χ4v) is 3.53. The lowest BCUT2D eigenvalue weighted by molar-refractivity contribution is -0.0826. The van der Waals surface area contributed by atoms with Gasteiger partial charge in [0.1, 0.15) is 18.3 Å². The molecule has 0 saturated carbocycles. The van der Waals surface area contributed by atoms with E-state index in [1.807, 2.05) is 60.7 Å². The predicted octanol–water partition coefficient (Wildman–Crippen LogP) is 3.31. The van der Waals surface area contributed by atoms with Gasteiger partial charge in [-0.15, -0.1) is 0 Å². The van der Waals surface area contributed by atoms with Crippen molar-refractivity contribution in [3.05, 3.63) is 71.8 Å². The zero-order valence-corrected chi connectivity index (χ0v) is 15.5. The molecule has 0 spiro atoms. The second-order valence-corrected chi connectivity index (χ2v) is 6.72. The van der Waals surface area contributed by atoms with Crippen molar-refractivity contribution >= 4 is 15.9 Å². The Morgan fingerprint density at radius 2 is 1.28 bits per heavy atom. The van der Waals surface area contributed by atoms with Crippen LogP contribution in [0.4, 0.5) is 0 Å². The van der Waals surface area contributed by atoms with Gasteiger partial charge in [-0.3, -0.25) is 0 Å². The number of hydrogen-bond donors (Lipinski definition) is 1. The van der Waals surface area contributed by atoms with Crippen molar-refractivity contribution in [2.75, 3.05) is 11.9 Å². The van der Waals surface area contributed by atoms with Crippen molar-refractivity contribution in [3.8, 4) is 0 Å². The minimum absolute atomic E-state index is 0.0891. The molecule has 1 aliphatic rings. The van der Waals surface area contributed by atoms with Gasteiger partial charge in [-0.1, -0.05) is 76.6 Å². The number of ether oxygens (including phenoxy) is 3. The minimum Gasteiger partial charge on any atom is -0.394 e. The third kappa shape index (κ3) is 4.90. The highest BCUT2D eigenvalue weighted by molar-refractivity contribution is 9.09. The lowest BCUT2D eigenvalue weighted by Gasteiger charge is -2.24. The van der Waals surface area contributed by atoms with Crippen LogP contribution in [-0.2, 0) is 27.4 Å². The first-order chi connectivity index (χ1) is 12.3. The zero-order valence-electron chi connectivity index (χ0n) is 14.0. The van der Waals surface area contributed by atoms with Gasteiger partial charge in [0.15, 0.2) is 0 Å². The zero-order chi connectivity index (χ0) is 17.5. The van der Waals surface area contributed by atoms with E-state index in [1.165, 1.54) is 0 Å². The minimum atomic E-state index is -0.382. The fraction of sp³-hybridized carbons (Fsp3) is 0.400. The monoisotopic (exact) mass is 406 g/mol. The van der Waals surface area contributed by atoms with Crippen LogP contribution >= 0.6 is 15.9 Å². The largest absolute Gasteiger partial charge is 0.394 e. The maximum atomic E-state index is 9.67. The van der Waals surface area contributed by atoms with E-state index in [1.54, 1.807) is 0 Å². The van der Waals surface area contributed by atoms with Gasteiger partial charge in [0.2, 0.25) is 0 Å². The summed E-state index contributed by atoms with van der Waals surface area (Å²) in [6, 6.07) is 20.0. The Morgan fingerprint density at radius 3 is 1.72 bits per heavy atom. The molecule has 1 fully saturated rings. The summed E-state index contributed by atoms with van der Waals surface area (Å²) in [5.74, 6) is 0. The van der Waals surface area contributed by atoms with Crippen molar-refractivity contribution in [2.45, 2.75) is 37.6 Å². The normalized spacial score (nSPS) is 26.0. The fourth-order valence-electron chi connectivity index (χ4n) is 3.01. The van der Waals surface area contributed by atoms with Gasteiger partial charge in [0.25, 0.3) is 0 Å². The van der Waals surface area contributed by atoms with Crippen LogP contribution in [0.5, 0.6) is 0 Å². The smallest absolute Gasteiger partial charge is 0.115 e. The highest BCUT2D eigenvalue weighted by Crippen LogP contribution is 2.29. The summed E-state index contributed by atoms with van der Waals surface area (Å²) in [5, 5.41) is 10.3. The van der Waals surface area contributed by atoms with Crippen molar-refractivity contribution in [1.82, 2.24) is 0 Å². The lowest BCUT2D eigenvalue weighted by atomic mass is 10.1. The Morgan fingerprint density at radius 1 is 0.800 bits per heavy atom. The molecule has 2 aromatic rings. The van der Waals surface area contributed by atoms with Crippen molar-refractivity contribution in [1.29, 1.82) is 0 Å². The molecule has 1 aliphatic heterocycles. The number of halogens is 1. The average molecular weight is 407 g/mol. The summed E-state index contributed by atoms with van der Waals surface area (Å²) in [5.41, 5.74) is 2.19. The molecule has 0 bridgehead atoms. The highest BCUT2D eigenvalue weighted by atomic mass is 79.9. The van der Waals surface area contributed by atoms with E-state index in [2.05, 4.69) is 15.9 Å². The Labute approximate surface area is 156 Å². The first-order valence-electron chi connectivity index (χ1n) is 8.45. The molecular formula is C20H23BrO4. The summed E-state index contributed by atoms with van der Waals surface area (Å²) in [6.07, 6.45) is -1.08. The highest BCUT2D eigenvalue weighted by Gasteiger charge is 2.45. The Hall–Kier alpha value is -1.24. The van der Waals surface area contributed by atoms with E-state index in [0.717, 1.165) is 11.1 Å². The van der Waals surface area contributed by atoms with Gasteiger partial charge >= 0.3 is 0 Å². The second-order valence-electron chi connectivity index (χ2n) is 6.07. The number of aliphatic hydroxyl groups excluding tert-OH is 1. The van der Waals surface area contributed by atoms with Crippen LogP contribution in [0.3, 0.4) is 0 Å². The van der Waals surface area contributed by atoms with Crippen LogP contribution < -0.4 is 0 Å². The van der Waals surface area contributed by atoms with Crippen LogP contribution in [-0.4, -0.2) is 41.5 Å². The van der Waals surface area contributed by atoms with Gasteiger partial charge in [0, 0.05) is 5.33 Å². The van der Waals surface area contributed by atoms with Crippen LogP contribution in [0.15, 0.2) is 60.7 Å². The van der Waals surface area contributed by atoms with Gasteiger partial charge in [-0.25, -0.2) is 0 Å². The Balaban J connectivity index is 1.66. The maximum Gasteiger partial charge on any atom is 0.115 e. The maximum absolute atomic E-state index is 9.67. The predicted molar refractivity (Wildman–Crippen MR) is 99.6 cm³/mol. The number of benzene rings is 2. The summed E-state index contributed by atoms with van der Waals surface area (Å²) >= 11 is 3.48.